The number of aliphatic hydroxyl groups is 1. The Bertz CT molecular complexity index is 336. The van der Waals surface area contributed by atoms with Gasteiger partial charge in [0, 0.05) is 4.88 Å². The fourth-order valence-corrected chi connectivity index (χ4v) is 4.34. The van der Waals surface area contributed by atoms with Crippen molar-refractivity contribution in [2.75, 3.05) is 0 Å². The Balaban J connectivity index is 2.10. The Morgan fingerprint density at radius 3 is 2.81 bits per heavy atom. The van der Waals surface area contributed by atoms with Crippen LogP contribution in [0.4, 0.5) is 0 Å². The van der Waals surface area contributed by atoms with E-state index in [-0.39, 0.29) is 6.10 Å². The van der Waals surface area contributed by atoms with E-state index in [0.717, 1.165) is 8.66 Å². The second kappa shape index (κ2) is 5.65. The third-order valence-electron chi connectivity index (χ3n) is 3.78. The normalized spacial score (nSPS) is 27.9. The lowest BCUT2D eigenvalue weighted by Crippen LogP contribution is -2.24. The minimum atomic E-state index is -0.249. The van der Waals surface area contributed by atoms with Crippen molar-refractivity contribution in [2.45, 2.75) is 45.1 Å². The van der Waals surface area contributed by atoms with Gasteiger partial charge in [0.2, 0.25) is 0 Å². The predicted octanol–water partition coefficient (Wildman–Crippen LogP) is 4.76. The van der Waals surface area contributed by atoms with Gasteiger partial charge in [0.05, 0.1) is 9.89 Å². The van der Waals surface area contributed by atoms with Crippen LogP contribution in [0.25, 0.3) is 0 Å². The Labute approximate surface area is 110 Å². The van der Waals surface area contributed by atoms with Gasteiger partial charge in [-0.25, -0.2) is 0 Å². The molecule has 0 aliphatic heterocycles. The van der Waals surface area contributed by atoms with E-state index in [1.165, 1.54) is 32.1 Å². The van der Waals surface area contributed by atoms with E-state index in [9.17, 15) is 5.11 Å². The molecule has 16 heavy (non-hydrogen) atoms. The average Bonchev–Trinajstić information content (AvgIpc) is 2.75. The molecule has 1 fully saturated rings. The predicted molar refractivity (Wildman–Crippen MR) is 72.7 cm³/mol. The Morgan fingerprint density at radius 2 is 2.19 bits per heavy atom. The Morgan fingerprint density at radius 1 is 1.44 bits per heavy atom. The minimum absolute atomic E-state index is 0.249. The van der Waals surface area contributed by atoms with Crippen molar-refractivity contribution in [1.29, 1.82) is 0 Å². The molecule has 1 heterocycles. The molecule has 0 saturated heterocycles. The molecule has 0 spiro atoms. The summed E-state index contributed by atoms with van der Waals surface area (Å²) in [5, 5.41) is 10.4. The van der Waals surface area contributed by atoms with Gasteiger partial charge in [-0.05, 0) is 46.3 Å². The van der Waals surface area contributed by atoms with Crippen molar-refractivity contribution < 1.29 is 5.11 Å². The number of thiophene rings is 1. The summed E-state index contributed by atoms with van der Waals surface area (Å²) in [5.74, 6) is 1.19. The molecular formula is C13H19BrOS. The summed E-state index contributed by atoms with van der Waals surface area (Å²) in [6.07, 6.45) is 6.07. The first kappa shape index (κ1) is 12.6. The summed E-state index contributed by atoms with van der Waals surface area (Å²) >= 11 is 5.13. The van der Waals surface area contributed by atoms with Gasteiger partial charge >= 0.3 is 0 Å². The first-order valence-corrected chi connectivity index (χ1v) is 7.76. The van der Waals surface area contributed by atoms with E-state index in [2.05, 4.69) is 28.9 Å². The lowest BCUT2D eigenvalue weighted by molar-refractivity contribution is 0.0477. The minimum Gasteiger partial charge on any atom is -0.387 e. The Hall–Kier alpha value is 0.140. The molecule has 1 nitrogen and oxygen atoms in total. The van der Waals surface area contributed by atoms with Gasteiger partial charge in [0.15, 0.2) is 0 Å². The zero-order valence-electron chi connectivity index (χ0n) is 9.66. The smallest absolute Gasteiger partial charge is 0.0913 e. The van der Waals surface area contributed by atoms with E-state index in [1.807, 2.05) is 6.07 Å². The molecule has 1 aromatic rings. The maximum Gasteiger partial charge on any atom is 0.0913 e. The summed E-state index contributed by atoms with van der Waals surface area (Å²) in [5.41, 5.74) is 0. The zero-order chi connectivity index (χ0) is 11.5. The first-order chi connectivity index (χ1) is 7.72. The summed E-state index contributed by atoms with van der Waals surface area (Å²) in [6.45, 7) is 2.25. The quantitative estimate of drug-likeness (QED) is 0.853. The van der Waals surface area contributed by atoms with Gasteiger partial charge < -0.3 is 5.11 Å². The van der Waals surface area contributed by atoms with Gasteiger partial charge in [0.1, 0.15) is 0 Å². The van der Waals surface area contributed by atoms with Gasteiger partial charge in [0.25, 0.3) is 0 Å². The lowest BCUT2D eigenvalue weighted by Gasteiger charge is -2.33. The fourth-order valence-electron chi connectivity index (χ4n) is 2.86. The molecule has 3 unspecified atom stereocenters. The highest BCUT2D eigenvalue weighted by atomic mass is 79.9. The van der Waals surface area contributed by atoms with Crippen LogP contribution in [0, 0.1) is 11.8 Å². The van der Waals surface area contributed by atoms with E-state index in [0.29, 0.717) is 11.8 Å². The molecule has 3 atom stereocenters. The average molecular weight is 303 g/mol. The van der Waals surface area contributed by atoms with Crippen LogP contribution in [0.5, 0.6) is 0 Å². The molecule has 0 radical (unpaired) electrons. The fraction of sp³-hybridized carbons (Fsp3) is 0.692. The van der Waals surface area contributed by atoms with Crippen LogP contribution >= 0.6 is 27.3 Å². The largest absolute Gasteiger partial charge is 0.387 e. The number of rotatable bonds is 3. The second-order valence-corrected chi connectivity index (χ2v) is 7.20. The first-order valence-electron chi connectivity index (χ1n) is 6.15. The third-order valence-corrected chi connectivity index (χ3v) is 5.48. The SMILES string of the molecule is CCC1CCCCC1C(O)c1ccc(Br)s1. The number of hydrogen-bond donors (Lipinski definition) is 1. The van der Waals surface area contributed by atoms with Crippen LogP contribution in [0.2, 0.25) is 0 Å². The maximum absolute atomic E-state index is 10.4. The standard InChI is InChI=1S/C13H19BrOS/c1-2-9-5-3-4-6-10(9)13(15)11-7-8-12(14)16-11/h7-10,13,15H,2-6H2,1H3. The van der Waals surface area contributed by atoms with Crippen LogP contribution < -0.4 is 0 Å². The molecular weight excluding hydrogens is 284 g/mol. The molecule has 3 heteroatoms. The summed E-state index contributed by atoms with van der Waals surface area (Å²) < 4.78 is 1.12. The van der Waals surface area contributed by atoms with Crippen molar-refractivity contribution in [1.82, 2.24) is 0 Å². The van der Waals surface area contributed by atoms with Crippen LogP contribution in [0.3, 0.4) is 0 Å². The molecule has 2 rings (SSSR count). The summed E-state index contributed by atoms with van der Waals surface area (Å²) in [4.78, 5) is 1.12. The molecule has 1 aromatic heterocycles. The number of hydrogen-bond acceptors (Lipinski definition) is 2. The molecule has 0 amide bonds. The van der Waals surface area contributed by atoms with Crippen molar-refractivity contribution in [2.24, 2.45) is 11.8 Å². The van der Waals surface area contributed by atoms with E-state index >= 15 is 0 Å². The topological polar surface area (TPSA) is 20.2 Å². The summed E-state index contributed by atoms with van der Waals surface area (Å²) in [6, 6.07) is 4.09. The number of aliphatic hydroxyl groups excluding tert-OH is 1. The van der Waals surface area contributed by atoms with Crippen LogP contribution in [0.1, 0.15) is 50.0 Å². The third kappa shape index (κ3) is 2.69. The molecule has 1 N–H and O–H groups in total. The van der Waals surface area contributed by atoms with Gasteiger partial charge in [-0.2, -0.15) is 0 Å². The van der Waals surface area contributed by atoms with Crippen molar-refractivity contribution in [3.05, 3.63) is 20.8 Å². The highest BCUT2D eigenvalue weighted by Gasteiger charge is 2.31. The lowest BCUT2D eigenvalue weighted by atomic mass is 9.74. The van der Waals surface area contributed by atoms with E-state index < -0.39 is 0 Å². The highest BCUT2D eigenvalue weighted by Crippen LogP contribution is 2.42. The van der Waals surface area contributed by atoms with E-state index in [1.54, 1.807) is 11.3 Å². The number of halogens is 1. The Kier molecular flexibility index (Phi) is 4.45. The zero-order valence-corrected chi connectivity index (χ0v) is 12.1. The maximum atomic E-state index is 10.4. The van der Waals surface area contributed by atoms with Gasteiger partial charge in [-0.15, -0.1) is 11.3 Å². The van der Waals surface area contributed by atoms with E-state index in [4.69, 9.17) is 0 Å². The molecule has 0 bridgehead atoms. The van der Waals surface area contributed by atoms with Crippen LogP contribution in [-0.2, 0) is 0 Å². The summed E-state index contributed by atoms with van der Waals surface area (Å²) in [7, 11) is 0. The van der Waals surface area contributed by atoms with Crippen molar-refractivity contribution in [3.8, 4) is 0 Å². The molecule has 1 aliphatic carbocycles. The molecule has 0 aromatic carbocycles. The molecule has 90 valence electrons. The monoisotopic (exact) mass is 302 g/mol. The van der Waals surface area contributed by atoms with Crippen molar-refractivity contribution >= 4 is 27.3 Å². The van der Waals surface area contributed by atoms with Crippen LogP contribution in [-0.4, -0.2) is 5.11 Å². The second-order valence-electron chi connectivity index (χ2n) is 4.70. The van der Waals surface area contributed by atoms with Gasteiger partial charge in [-0.1, -0.05) is 32.6 Å². The van der Waals surface area contributed by atoms with Crippen LogP contribution in [0.15, 0.2) is 15.9 Å². The van der Waals surface area contributed by atoms with Crippen molar-refractivity contribution in [3.63, 3.8) is 0 Å². The molecule has 1 aliphatic rings. The molecule has 1 saturated carbocycles. The van der Waals surface area contributed by atoms with Gasteiger partial charge in [-0.3, -0.25) is 0 Å². The highest BCUT2D eigenvalue weighted by molar-refractivity contribution is 9.11.